The number of rotatable bonds is 0. The Balaban J connectivity index is 2.12. The molecular weight excluding hydrogens is 200 g/mol. The van der Waals surface area contributed by atoms with E-state index in [2.05, 4.69) is 61.2 Å². The Morgan fingerprint density at radius 1 is 1.20 bits per heavy atom. The van der Waals surface area contributed by atoms with Crippen molar-refractivity contribution in [2.24, 2.45) is 5.92 Å². The molecular formula is C14H12S. The van der Waals surface area contributed by atoms with Crippen LogP contribution >= 0.6 is 12.6 Å². The zero-order valence-corrected chi connectivity index (χ0v) is 9.24. The summed E-state index contributed by atoms with van der Waals surface area (Å²) in [6.45, 7) is 0. The SMILES string of the molecule is Sc1ccc2c(c1)C=C1C=CC=CC1C2. The van der Waals surface area contributed by atoms with E-state index in [0.717, 1.165) is 11.3 Å². The van der Waals surface area contributed by atoms with Crippen LogP contribution < -0.4 is 0 Å². The maximum absolute atomic E-state index is 4.38. The fourth-order valence-electron chi connectivity index (χ4n) is 2.26. The lowest BCUT2D eigenvalue weighted by Gasteiger charge is -2.23. The van der Waals surface area contributed by atoms with Gasteiger partial charge < -0.3 is 0 Å². The molecule has 0 aliphatic heterocycles. The first-order chi connectivity index (χ1) is 7.33. The molecule has 1 unspecified atom stereocenters. The summed E-state index contributed by atoms with van der Waals surface area (Å²) >= 11 is 4.38. The average Bonchev–Trinajstić information content (AvgIpc) is 2.26. The number of hydrogen-bond acceptors (Lipinski definition) is 1. The van der Waals surface area contributed by atoms with Crippen molar-refractivity contribution in [3.8, 4) is 0 Å². The molecule has 0 heterocycles. The highest BCUT2D eigenvalue weighted by atomic mass is 32.1. The number of allylic oxidation sites excluding steroid dienone is 5. The van der Waals surface area contributed by atoms with E-state index in [4.69, 9.17) is 0 Å². The summed E-state index contributed by atoms with van der Waals surface area (Å²) in [7, 11) is 0. The van der Waals surface area contributed by atoms with Crippen molar-refractivity contribution in [3.63, 3.8) is 0 Å². The Morgan fingerprint density at radius 2 is 2.13 bits per heavy atom. The van der Waals surface area contributed by atoms with Crippen molar-refractivity contribution in [1.82, 2.24) is 0 Å². The Morgan fingerprint density at radius 3 is 3.07 bits per heavy atom. The first-order valence-electron chi connectivity index (χ1n) is 5.21. The largest absolute Gasteiger partial charge is 0.143 e. The lowest BCUT2D eigenvalue weighted by molar-refractivity contribution is 0.758. The molecule has 1 heteroatoms. The first-order valence-corrected chi connectivity index (χ1v) is 5.66. The van der Waals surface area contributed by atoms with Crippen LogP contribution in [0, 0.1) is 5.92 Å². The van der Waals surface area contributed by atoms with Crippen molar-refractivity contribution >= 4 is 18.7 Å². The topological polar surface area (TPSA) is 0 Å². The first kappa shape index (κ1) is 9.05. The van der Waals surface area contributed by atoms with E-state index in [1.165, 1.54) is 16.7 Å². The summed E-state index contributed by atoms with van der Waals surface area (Å²) in [5, 5.41) is 0. The molecule has 3 rings (SSSR count). The predicted octanol–water partition coefficient (Wildman–Crippen LogP) is 3.66. The molecule has 0 amide bonds. The second kappa shape index (κ2) is 3.42. The highest BCUT2D eigenvalue weighted by Gasteiger charge is 2.18. The molecule has 0 fully saturated rings. The Labute approximate surface area is 95.4 Å². The van der Waals surface area contributed by atoms with Crippen LogP contribution in [0.15, 0.2) is 53.0 Å². The quantitative estimate of drug-likeness (QED) is 0.623. The molecule has 0 N–H and O–H groups in total. The summed E-state index contributed by atoms with van der Waals surface area (Å²) in [6, 6.07) is 6.41. The summed E-state index contributed by atoms with van der Waals surface area (Å²) in [5.41, 5.74) is 4.18. The molecule has 15 heavy (non-hydrogen) atoms. The normalized spacial score (nSPS) is 21.9. The van der Waals surface area contributed by atoms with Gasteiger partial charge >= 0.3 is 0 Å². The van der Waals surface area contributed by atoms with Gasteiger partial charge in [-0.25, -0.2) is 0 Å². The number of fused-ring (bicyclic) bond motifs is 2. The van der Waals surface area contributed by atoms with Crippen LogP contribution in [-0.4, -0.2) is 0 Å². The maximum atomic E-state index is 4.38. The van der Waals surface area contributed by atoms with Crippen LogP contribution in [0.5, 0.6) is 0 Å². The molecule has 0 spiro atoms. The fraction of sp³-hybridized carbons (Fsp3) is 0.143. The van der Waals surface area contributed by atoms with Crippen molar-refractivity contribution in [1.29, 1.82) is 0 Å². The molecule has 1 aromatic rings. The number of benzene rings is 1. The van der Waals surface area contributed by atoms with Crippen LogP contribution in [0.1, 0.15) is 11.1 Å². The second-order valence-electron chi connectivity index (χ2n) is 4.08. The molecule has 74 valence electrons. The van der Waals surface area contributed by atoms with Gasteiger partial charge in [0, 0.05) is 10.8 Å². The van der Waals surface area contributed by atoms with E-state index >= 15 is 0 Å². The van der Waals surface area contributed by atoms with Crippen LogP contribution in [0.2, 0.25) is 0 Å². The lowest BCUT2D eigenvalue weighted by Crippen LogP contribution is -2.11. The van der Waals surface area contributed by atoms with E-state index in [9.17, 15) is 0 Å². The fourth-order valence-corrected chi connectivity index (χ4v) is 2.47. The predicted molar refractivity (Wildman–Crippen MR) is 67.1 cm³/mol. The summed E-state index contributed by atoms with van der Waals surface area (Å²) in [5.74, 6) is 0.577. The molecule has 0 aromatic heterocycles. The third kappa shape index (κ3) is 1.57. The minimum absolute atomic E-state index is 0.577. The van der Waals surface area contributed by atoms with E-state index in [1.807, 2.05) is 0 Å². The van der Waals surface area contributed by atoms with Gasteiger partial charge in [0.2, 0.25) is 0 Å². The molecule has 0 bridgehead atoms. The standard InChI is InChI=1S/C14H12S/c15-14-6-5-12-7-10-3-1-2-4-11(10)8-13(12)9-14/h1-6,8-10,15H,7H2. The molecule has 0 saturated heterocycles. The minimum Gasteiger partial charge on any atom is -0.143 e. The zero-order chi connectivity index (χ0) is 10.3. The molecule has 1 atom stereocenters. The summed E-state index contributed by atoms with van der Waals surface area (Å²) in [4.78, 5) is 1.04. The highest BCUT2D eigenvalue weighted by molar-refractivity contribution is 7.80. The van der Waals surface area contributed by atoms with E-state index in [-0.39, 0.29) is 0 Å². The van der Waals surface area contributed by atoms with Gasteiger partial charge in [0.25, 0.3) is 0 Å². The Bertz CT molecular complexity index is 492. The van der Waals surface area contributed by atoms with Crippen LogP contribution in [0.3, 0.4) is 0 Å². The Kier molecular flexibility index (Phi) is 2.06. The second-order valence-corrected chi connectivity index (χ2v) is 4.60. The molecule has 0 nitrogen and oxygen atoms in total. The minimum atomic E-state index is 0.577. The van der Waals surface area contributed by atoms with E-state index in [1.54, 1.807) is 0 Å². The van der Waals surface area contributed by atoms with Crippen LogP contribution in [0.25, 0.3) is 6.08 Å². The van der Waals surface area contributed by atoms with Gasteiger partial charge in [0.05, 0.1) is 0 Å². The molecule has 0 saturated carbocycles. The van der Waals surface area contributed by atoms with Gasteiger partial charge in [0.15, 0.2) is 0 Å². The van der Waals surface area contributed by atoms with Gasteiger partial charge in [-0.2, -0.15) is 0 Å². The molecule has 1 aromatic carbocycles. The monoisotopic (exact) mass is 212 g/mol. The third-order valence-corrected chi connectivity index (χ3v) is 3.34. The van der Waals surface area contributed by atoms with E-state index < -0.39 is 0 Å². The Hall–Kier alpha value is -1.21. The molecule has 2 aliphatic carbocycles. The van der Waals surface area contributed by atoms with Crippen molar-refractivity contribution in [2.75, 3.05) is 0 Å². The van der Waals surface area contributed by atoms with Gasteiger partial charge in [0.1, 0.15) is 0 Å². The zero-order valence-electron chi connectivity index (χ0n) is 8.35. The van der Waals surface area contributed by atoms with Crippen LogP contribution in [0.4, 0.5) is 0 Å². The lowest BCUT2D eigenvalue weighted by atomic mass is 9.81. The summed E-state index contributed by atoms with van der Waals surface area (Å²) in [6.07, 6.45) is 12.1. The average molecular weight is 212 g/mol. The van der Waals surface area contributed by atoms with E-state index in [0.29, 0.717) is 5.92 Å². The van der Waals surface area contributed by atoms with Crippen molar-refractivity contribution < 1.29 is 0 Å². The maximum Gasteiger partial charge on any atom is 0.00619 e. The van der Waals surface area contributed by atoms with Gasteiger partial charge in [-0.05, 0) is 35.3 Å². The van der Waals surface area contributed by atoms with Gasteiger partial charge in [-0.15, -0.1) is 12.6 Å². The van der Waals surface area contributed by atoms with Gasteiger partial charge in [-0.1, -0.05) is 36.4 Å². The van der Waals surface area contributed by atoms with Gasteiger partial charge in [-0.3, -0.25) is 0 Å². The number of thiol groups is 1. The molecule has 0 radical (unpaired) electrons. The number of hydrogen-bond donors (Lipinski definition) is 1. The van der Waals surface area contributed by atoms with Crippen molar-refractivity contribution in [2.45, 2.75) is 11.3 Å². The summed E-state index contributed by atoms with van der Waals surface area (Å²) < 4.78 is 0. The van der Waals surface area contributed by atoms with Crippen molar-refractivity contribution in [3.05, 3.63) is 59.2 Å². The highest BCUT2D eigenvalue weighted by Crippen LogP contribution is 2.32. The van der Waals surface area contributed by atoms with Crippen LogP contribution in [-0.2, 0) is 6.42 Å². The molecule has 2 aliphatic rings. The smallest absolute Gasteiger partial charge is 0.00619 e. The third-order valence-electron chi connectivity index (χ3n) is 3.06.